The second kappa shape index (κ2) is 24.0. The minimum Gasteiger partial charge on any atom is -0.462 e. The number of aliphatic hydroxyl groups excluding tert-OH is 3. The second-order valence-electron chi connectivity index (χ2n) is 5.23. The number of esters is 2. The van der Waals surface area contributed by atoms with E-state index in [0.29, 0.717) is 24.3 Å². The van der Waals surface area contributed by atoms with Gasteiger partial charge in [0.15, 0.2) is 0 Å². The Hall–Kier alpha value is -2.04. The molecule has 9 nitrogen and oxygen atoms in total. The van der Waals surface area contributed by atoms with E-state index in [2.05, 4.69) is 4.74 Å². The molecule has 2 rings (SSSR count). The number of hydrogen-bond acceptors (Lipinski definition) is 8. The van der Waals surface area contributed by atoms with Crippen molar-refractivity contribution in [3.8, 4) is 0 Å². The molecule has 1 aromatic rings. The van der Waals surface area contributed by atoms with E-state index in [0.717, 1.165) is 26.1 Å². The maximum atomic E-state index is 11.5. The molecular weight excluding hydrogens is 384 g/mol. The molecule has 0 atom stereocenters. The van der Waals surface area contributed by atoms with Crippen molar-refractivity contribution in [2.45, 2.75) is 33.6 Å². The lowest BCUT2D eigenvalue weighted by atomic mass is 10.1. The van der Waals surface area contributed by atoms with Crippen LogP contribution in [0, 0.1) is 0 Å². The van der Waals surface area contributed by atoms with Crippen LogP contribution in [0.15, 0.2) is 24.3 Å². The monoisotopic (exact) mass is 420 g/mol. The highest BCUT2D eigenvalue weighted by Crippen LogP contribution is 2.08. The normalized spacial score (nSPS) is 10.3. The number of ether oxygens (including phenoxy) is 3. The summed E-state index contributed by atoms with van der Waals surface area (Å²) in [4.78, 5) is 23.0. The average molecular weight is 420 g/mol. The van der Waals surface area contributed by atoms with Crippen LogP contribution >= 0.6 is 0 Å². The van der Waals surface area contributed by atoms with Crippen molar-refractivity contribution in [2.24, 2.45) is 0 Å². The lowest BCUT2D eigenvalue weighted by Crippen LogP contribution is -2.08. The van der Waals surface area contributed by atoms with E-state index < -0.39 is 0 Å². The van der Waals surface area contributed by atoms with Gasteiger partial charge in [-0.15, -0.1) is 0 Å². The Morgan fingerprint density at radius 1 is 0.828 bits per heavy atom. The summed E-state index contributed by atoms with van der Waals surface area (Å²) in [5.41, 5.74) is 0.881. The third-order valence-corrected chi connectivity index (χ3v) is 2.53. The van der Waals surface area contributed by atoms with Gasteiger partial charge in [0.25, 0.3) is 0 Å². The summed E-state index contributed by atoms with van der Waals surface area (Å²) in [6, 6.07) is 6.28. The van der Waals surface area contributed by atoms with Crippen molar-refractivity contribution in [3.63, 3.8) is 0 Å². The van der Waals surface area contributed by atoms with Gasteiger partial charge < -0.3 is 35.0 Å². The molecule has 1 aliphatic heterocycles. The van der Waals surface area contributed by atoms with E-state index in [1.54, 1.807) is 31.2 Å². The Kier molecular flexibility index (Phi) is 26.2. The molecule has 1 saturated heterocycles. The van der Waals surface area contributed by atoms with Gasteiger partial charge in [0.05, 0.1) is 50.8 Å². The fourth-order valence-electron chi connectivity index (χ4n) is 1.30. The Morgan fingerprint density at radius 3 is 1.28 bits per heavy atom. The molecule has 0 spiro atoms. The van der Waals surface area contributed by atoms with Crippen molar-refractivity contribution in [3.05, 3.63) is 35.4 Å². The first-order chi connectivity index (χ1) is 13.5. The summed E-state index contributed by atoms with van der Waals surface area (Å²) in [6.07, 6.45) is 1.57. The number of carbonyl (C=O) groups excluding carboxylic acids is 2. The summed E-state index contributed by atoms with van der Waals surface area (Å²) < 4.78 is 14.5. The summed E-state index contributed by atoms with van der Waals surface area (Å²) in [6.45, 7) is 8.35. The minimum absolute atomic E-state index is 0. The first-order valence-corrected chi connectivity index (χ1v) is 9.36. The van der Waals surface area contributed by atoms with Gasteiger partial charge in [0, 0.05) is 6.61 Å². The molecule has 0 saturated carbocycles. The molecule has 0 amide bonds. The number of carbonyl (C=O) groups is 2. The van der Waals surface area contributed by atoms with E-state index in [1.807, 2.05) is 13.8 Å². The summed E-state index contributed by atoms with van der Waals surface area (Å²) in [5, 5.41) is 22.8. The van der Waals surface area contributed by atoms with Gasteiger partial charge in [-0.2, -0.15) is 0 Å². The zero-order valence-corrected chi connectivity index (χ0v) is 17.6. The maximum absolute atomic E-state index is 11.5. The van der Waals surface area contributed by atoms with Gasteiger partial charge in [-0.25, -0.2) is 9.59 Å². The summed E-state index contributed by atoms with van der Waals surface area (Å²) >= 11 is 0. The highest BCUT2D eigenvalue weighted by Gasteiger charge is 2.10. The first-order valence-electron chi connectivity index (χ1n) is 9.36. The van der Waals surface area contributed by atoms with Crippen molar-refractivity contribution in [1.82, 2.24) is 0 Å². The summed E-state index contributed by atoms with van der Waals surface area (Å²) in [5.74, 6) is -0.740. The molecule has 170 valence electrons. The molecule has 29 heavy (non-hydrogen) atoms. The maximum Gasteiger partial charge on any atom is 0.338 e. The molecule has 1 heterocycles. The van der Waals surface area contributed by atoms with Crippen molar-refractivity contribution in [1.29, 1.82) is 0 Å². The Morgan fingerprint density at radius 2 is 1.10 bits per heavy atom. The van der Waals surface area contributed by atoms with E-state index in [-0.39, 0.29) is 37.2 Å². The molecule has 1 aliphatic rings. The second-order valence-corrected chi connectivity index (χ2v) is 5.23. The van der Waals surface area contributed by atoms with Gasteiger partial charge in [-0.1, -0.05) is 13.8 Å². The molecular formula is C20H36O9. The Labute approximate surface area is 172 Å². The highest BCUT2D eigenvalue weighted by molar-refractivity contribution is 5.93. The zero-order chi connectivity index (χ0) is 21.6. The van der Waals surface area contributed by atoms with Crippen molar-refractivity contribution >= 4 is 11.9 Å². The fraction of sp³-hybridized carbons (Fsp3) is 0.600. The van der Waals surface area contributed by atoms with Crippen LogP contribution in [0.3, 0.4) is 0 Å². The van der Waals surface area contributed by atoms with Crippen LogP contribution in [0.1, 0.15) is 54.3 Å². The number of aliphatic hydroxyl groups is 3. The van der Waals surface area contributed by atoms with Crippen LogP contribution in [0.2, 0.25) is 0 Å². The van der Waals surface area contributed by atoms with E-state index >= 15 is 0 Å². The molecule has 0 aromatic heterocycles. The van der Waals surface area contributed by atoms with E-state index in [1.165, 1.54) is 0 Å². The SMILES string of the molecule is C1CO1.CCCOC(=O)c1ccc(C(=O)OCCC)cc1.CCO.O.OCCO. The van der Waals surface area contributed by atoms with Crippen LogP contribution in [0.4, 0.5) is 0 Å². The number of benzene rings is 1. The number of epoxide rings is 1. The van der Waals surface area contributed by atoms with Gasteiger partial charge >= 0.3 is 11.9 Å². The Bertz CT molecular complexity index is 443. The third-order valence-electron chi connectivity index (χ3n) is 2.53. The number of hydrogen-bond donors (Lipinski definition) is 3. The largest absolute Gasteiger partial charge is 0.462 e. The Balaban J connectivity index is -0.000000507. The molecule has 0 radical (unpaired) electrons. The molecule has 0 unspecified atom stereocenters. The van der Waals surface area contributed by atoms with Crippen LogP contribution in [0.25, 0.3) is 0 Å². The van der Waals surface area contributed by atoms with E-state index in [9.17, 15) is 9.59 Å². The lowest BCUT2D eigenvalue weighted by molar-refractivity contribution is 0.0490. The highest BCUT2D eigenvalue weighted by atomic mass is 16.6. The zero-order valence-electron chi connectivity index (χ0n) is 17.6. The van der Waals surface area contributed by atoms with Crippen LogP contribution in [-0.2, 0) is 14.2 Å². The van der Waals surface area contributed by atoms with Crippen LogP contribution in [0.5, 0.6) is 0 Å². The first kappa shape index (κ1) is 31.6. The lowest BCUT2D eigenvalue weighted by Gasteiger charge is -2.05. The van der Waals surface area contributed by atoms with Gasteiger partial charge in [0.1, 0.15) is 0 Å². The topological polar surface area (TPSA) is 157 Å². The average Bonchev–Trinajstić information content (AvgIpc) is 3.60. The van der Waals surface area contributed by atoms with Crippen molar-refractivity contribution < 1.29 is 44.6 Å². The van der Waals surface area contributed by atoms with Gasteiger partial charge in [-0.05, 0) is 44.0 Å². The smallest absolute Gasteiger partial charge is 0.338 e. The fourth-order valence-corrected chi connectivity index (χ4v) is 1.30. The van der Waals surface area contributed by atoms with Crippen LogP contribution < -0.4 is 0 Å². The van der Waals surface area contributed by atoms with Crippen molar-refractivity contribution in [2.75, 3.05) is 46.2 Å². The molecule has 5 N–H and O–H groups in total. The molecule has 0 aliphatic carbocycles. The molecule has 1 aromatic carbocycles. The van der Waals surface area contributed by atoms with Gasteiger partial charge in [-0.3, -0.25) is 0 Å². The minimum atomic E-state index is -0.370. The molecule has 0 bridgehead atoms. The third kappa shape index (κ3) is 22.1. The van der Waals surface area contributed by atoms with Gasteiger partial charge in [0.2, 0.25) is 0 Å². The standard InChI is InChI=1S/C14H18O4.C2H6O2.C2H4O.C2H6O.H2O/c1-3-9-17-13(15)11-5-7-12(8-6-11)14(16)18-10-4-2;3-1-2-4;1-2-3-1;1-2-3;/h5-8H,3-4,9-10H2,1-2H3;3-4H,1-2H2;1-2H2;3H,2H2,1H3;1H2. The number of rotatable bonds is 7. The predicted molar refractivity (Wildman–Crippen MR) is 109 cm³/mol. The predicted octanol–water partition coefficient (Wildman–Crippen LogP) is 0.982. The molecule has 9 heteroatoms. The molecule has 1 fully saturated rings. The quantitative estimate of drug-likeness (QED) is 0.435. The van der Waals surface area contributed by atoms with E-state index in [4.69, 9.17) is 24.8 Å². The summed E-state index contributed by atoms with van der Waals surface area (Å²) in [7, 11) is 0. The van der Waals surface area contributed by atoms with Crippen LogP contribution in [-0.4, -0.2) is 79.0 Å².